The van der Waals surface area contributed by atoms with Crippen LogP contribution in [0.4, 0.5) is 5.69 Å². The molecule has 2 aromatic carbocycles. The molecule has 1 amide bonds. The summed E-state index contributed by atoms with van der Waals surface area (Å²) in [4.78, 5) is 36.4. The van der Waals surface area contributed by atoms with Crippen LogP contribution in [0.3, 0.4) is 0 Å². The number of carbonyl (C=O) groups is 3. The molecule has 7 nitrogen and oxygen atoms in total. The second kappa shape index (κ2) is 8.41. The van der Waals surface area contributed by atoms with Crippen LogP contribution in [0, 0.1) is 5.41 Å². The van der Waals surface area contributed by atoms with Crippen molar-refractivity contribution in [3.05, 3.63) is 59.9 Å². The number of phenols is 1. The fourth-order valence-corrected chi connectivity index (χ4v) is 2.70. The Morgan fingerprint density at radius 2 is 1.77 bits per heavy atom. The van der Waals surface area contributed by atoms with Gasteiger partial charge in [-0.25, -0.2) is 0 Å². The Bertz CT molecular complexity index is 1090. The molecule has 7 heteroatoms. The topological polar surface area (TPSA) is 106 Å². The van der Waals surface area contributed by atoms with Crippen molar-refractivity contribution in [2.45, 2.75) is 27.2 Å². The number of rotatable bonds is 6. The van der Waals surface area contributed by atoms with Gasteiger partial charge in [0.25, 0.3) is 0 Å². The monoisotopic (exact) mass is 409 g/mol. The van der Waals surface area contributed by atoms with Crippen molar-refractivity contribution in [1.82, 2.24) is 0 Å². The molecule has 0 unspecified atom stereocenters. The molecule has 0 spiro atoms. The Morgan fingerprint density at radius 3 is 2.43 bits per heavy atom. The van der Waals surface area contributed by atoms with E-state index in [4.69, 9.17) is 9.15 Å². The van der Waals surface area contributed by atoms with Crippen LogP contribution in [0.25, 0.3) is 11.0 Å². The molecule has 30 heavy (non-hydrogen) atoms. The summed E-state index contributed by atoms with van der Waals surface area (Å²) >= 11 is 0. The molecule has 0 radical (unpaired) electrons. The molecule has 0 aliphatic heterocycles. The maximum absolute atomic E-state index is 12.3. The summed E-state index contributed by atoms with van der Waals surface area (Å²) in [7, 11) is 0. The normalized spacial score (nSPS) is 11.3. The van der Waals surface area contributed by atoms with Gasteiger partial charge in [0, 0.05) is 33.7 Å². The molecule has 3 rings (SSSR count). The lowest BCUT2D eigenvalue weighted by Crippen LogP contribution is -2.27. The first kappa shape index (κ1) is 21.1. The van der Waals surface area contributed by atoms with Crippen LogP contribution >= 0.6 is 0 Å². The van der Waals surface area contributed by atoms with Crippen LogP contribution in [0.5, 0.6) is 5.75 Å². The predicted molar refractivity (Wildman–Crippen MR) is 111 cm³/mol. The maximum Gasteiger partial charge on any atom is 0.310 e. The molecular formula is C23H23NO6. The maximum atomic E-state index is 12.3. The van der Waals surface area contributed by atoms with Gasteiger partial charge in [0.15, 0.2) is 12.4 Å². The van der Waals surface area contributed by atoms with E-state index in [0.717, 1.165) is 0 Å². The first-order valence-corrected chi connectivity index (χ1v) is 9.43. The first-order chi connectivity index (χ1) is 14.1. The molecule has 156 valence electrons. The number of amides is 1. The van der Waals surface area contributed by atoms with Gasteiger partial charge in [-0.3, -0.25) is 14.4 Å². The predicted octanol–water partition coefficient (Wildman–Crippen LogP) is 4.09. The number of hydrogen-bond acceptors (Lipinski definition) is 6. The number of phenolic OH excluding ortho intramolecular Hbond substituents is 1. The highest BCUT2D eigenvalue weighted by atomic mass is 16.5. The fraction of sp³-hybridized carbons (Fsp3) is 0.261. The minimum absolute atomic E-state index is 0.0528. The molecular weight excluding hydrogens is 386 g/mol. The number of furan rings is 1. The third-order valence-corrected chi connectivity index (χ3v) is 4.48. The van der Waals surface area contributed by atoms with Crippen molar-refractivity contribution in [2.75, 3.05) is 11.9 Å². The Morgan fingerprint density at radius 1 is 1.07 bits per heavy atom. The number of nitrogens with one attached hydrogen (secondary N) is 1. The van der Waals surface area contributed by atoms with Crippen molar-refractivity contribution in [3.8, 4) is 5.75 Å². The van der Waals surface area contributed by atoms with Gasteiger partial charge in [-0.15, -0.1) is 0 Å². The molecule has 2 N–H and O–H groups in total. The summed E-state index contributed by atoms with van der Waals surface area (Å²) in [5, 5.41) is 12.9. The summed E-state index contributed by atoms with van der Waals surface area (Å²) in [6.07, 6.45) is 1.38. The van der Waals surface area contributed by atoms with E-state index in [0.29, 0.717) is 27.8 Å². The standard InChI is InChI=1S/C23H23NO6/c1-23(2,3)22(28)24-16-6-4-14(5-7-16)19(26)13-30-21(27)10-15-12-29-20-11-17(25)8-9-18(15)20/h4-9,11-12,25H,10,13H2,1-3H3,(H,24,28). The zero-order valence-corrected chi connectivity index (χ0v) is 17.0. The number of anilines is 1. The number of carbonyl (C=O) groups excluding carboxylic acids is 3. The van der Waals surface area contributed by atoms with Gasteiger partial charge >= 0.3 is 5.97 Å². The minimum Gasteiger partial charge on any atom is -0.508 e. The Hall–Kier alpha value is -3.61. The Labute approximate surface area is 173 Å². The van der Waals surface area contributed by atoms with Crippen LogP contribution in [0.2, 0.25) is 0 Å². The number of esters is 1. The van der Waals surface area contributed by atoms with E-state index in [-0.39, 0.29) is 30.5 Å². The summed E-state index contributed by atoms with van der Waals surface area (Å²) < 4.78 is 10.4. The van der Waals surface area contributed by atoms with E-state index in [1.165, 1.54) is 18.4 Å². The van der Waals surface area contributed by atoms with E-state index in [9.17, 15) is 19.5 Å². The summed E-state index contributed by atoms with van der Waals surface area (Å²) in [5.74, 6) is -0.967. The minimum atomic E-state index is -0.562. The molecule has 0 bridgehead atoms. The molecule has 0 atom stereocenters. The Balaban J connectivity index is 1.54. The first-order valence-electron chi connectivity index (χ1n) is 9.43. The number of hydrogen-bond donors (Lipinski definition) is 2. The molecule has 0 fully saturated rings. The van der Waals surface area contributed by atoms with Crippen LogP contribution in [-0.4, -0.2) is 29.4 Å². The lowest BCUT2D eigenvalue weighted by atomic mass is 9.95. The largest absolute Gasteiger partial charge is 0.508 e. The van der Waals surface area contributed by atoms with Gasteiger partial charge in [-0.1, -0.05) is 20.8 Å². The molecule has 1 aromatic heterocycles. The van der Waals surface area contributed by atoms with Crippen molar-refractivity contribution < 1.29 is 28.6 Å². The van der Waals surface area contributed by atoms with Crippen LogP contribution in [0.15, 0.2) is 53.1 Å². The van der Waals surface area contributed by atoms with Gasteiger partial charge in [0.2, 0.25) is 5.91 Å². The highest BCUT2D eigenvalue weighted by Gasteiger charge is 2.21. The van der Waals surface area contributed by atoms with Crippen molar-refractivity contribution in [3.63, 3.8) is 0 Å². The van der Waals surface area contributed by atoms with Crippen molar-refractivity contribution in [1.29, 1.82) is 0 Å². The van der Waals surface area contributed by atoms with Crippen LogP contribution in [-0.2, 0) is 20.7 Å². The molecule has 0 saturated carbocycles. The van der Waals surface area contributed by atoms with Crippen LogP contribution in [0.1, 0.15) is 36.7 Å². The number of aromatic hydroxyl groups is 1. The van der Waals surface area contributed by atoms with E-state index >= 15 is 0 Å². The highest BCUT2D eigenvalue weighted by Crippen LogP contribution is 2.25. The zero-order chi connectivity index (χ0) is 21.9. The van der Waals surface area contributed by atoms with Crippen molar-refractivity contribution >= 4 is 34.3 Å². The average Bonchev–Trinajstić information content (AvgIpc) is 3.07. The summed E-state index contributed by atoms with van der Waals surface area (Å²) in [6, 6.07) is 11.0. The quantitative estimate of drug-likeness (QED) is 0.469. The van der Waals surface area contributed by atoms with Gasteiger partial charge < -0.3 is 19.6 Å². The molecule has 0 saturated heterocycles. The third kappa shape index (κ3) is 5.05. The lowest BCUT2D eigenvalue weighted by molar-refractivity contribution is -0.141. The smallest absolute Gasteiger partial charge is 0.310 e. The van der Waals surface area contributed by atoms with E-state index < -0.39 is 11.4 Å². The van der Waals surface area contributed by atoms with E-state index in [2.05, 4.69) is 5.32 Å². The molecule has 1 heterocycles. The lowest BCUT2D eigenvalue weighted by Gasteiger charge is -2.17. The number of Topliss-reactive ketones (excluding diaryl/α,β-unsaturated/α-hetero) is 1. The third-order valence-electron chi connectivity index (χ3n) is 4.48. The fourth-order valence-electron chi connectivity index (χ4n) is 2.70. The second-order valence-corrected chi connectivity index (χ2v) is 7.98. The second-order valence-electron chi connectivity index (χ2n) is 7.98. The molecule has 3 aromatic rings. The molecule has 0 aliphatic carbocycles. The van der Waals surface area contributed by atoms with Gasteiger partial charge in [-0.2, -0.15) is 0 Å². The van der Waals surface area contributed by atoms with Gasteiger partial charge in [-0.05, 0) is 36.4 Å². The zero-order valence-electron chi connectivity index (χ0n) is 17.0. The highest BCUT2D eigenvalue weighted by molar-refractivity contribution is 5.99. The number of ketones is 1. The average molecular weight is 409 g/mol. The number of ether oxygens (including phenoxy) is 1. The van der Waals surface area contributed by atoms with Gasteiger partial charge in [0.1, 0.15) is 11.3 Å². The van der Waals surface area contributed by atoms with E-state index in [1.807, 2.05) is 20.8 Å². The summed E-state index contributed by atoms with van der Waals surface area (Å²) in [5.41, 5.74) is 1.51. The Kier molecular flexibility index (Phi) is 5.91. The SMILES string of the molecule is CC(C)(C)C(=O)Nc1ccc(C(=O)COC(=O)Cc2coc3cc(O)ccc23)cc1. The summed E-state index contributed by atoms with van der Waals surface area (Å²) in [6.45, 7) is 5.05. The number of benzene rings is 2. The molecule has 0 aliphatic rings. The van der Waals surface area contributed by atoms with E-state index in [1.54, 1.807) is 30.3 Å². The van der Waals surface area contributed by atoms with Crippen molar-refractivity contribution in [2.24, 2.45) is 5.41 Å². The number of fused-ring (bicyclic) bond motifs is 1. The van der Waals surface area contributed by atoms with Crippen LogP contribution < -0.4 is 5.32 Å². The van der Waals surface area contributed by atoms with Gasteiger partial charge in [0.05, 0.1) is 12.7 Å².